The van der Waals surface area contributed by atoms with Crippen LogP contribution in [0.3, 0.4) is 0 Å². The Morgan fingerprint density at radius 2 is 1.97 bits per heavy atom. The third-order valence-electron chi connectivity index (χ3n) is 4.98. The third kappa shape index (κ3) is 4.25. The molecule has 0 radical (unpaired) electrons. The second-order valence-electron chi connectivity index (χ2n) is 7.01. The first-order valence-electron chi connectivity index (χ1n) is 9.24. The first kappa shape index (κ1) is 22.7. The van der Waals surface area contributed by atoms with Crippen molar-refractivity contribution in [3.63, 3.8) is 0 Å². The number of halogens is 2. The zero-order valence-corrected chi connectivity index (χ0v) is 20.7. The van der Waals surface area contributed by atoms with Gasteiger partial charge in [0.2, 0.25) is 0 Å². The largest absolute Gasteiger partial charge is 0.457 e. The highest BCUT2D eigenvalue weighted by Crippen LogP contribution is 2.38. The highest BCUT2D eigenvalue weighted by atomic mass is 79.9. The van der Waals surface area contributed by atoms with E-state index in [-0.39, 0.29) is 11.6 Å². The third-order valence-corrected chi connectivity index (χ3v) is 7.51. The van der Waals surface area contributed by atoms with Crippen LogP contribution in [0, 0.1) is 24.0 Å². The first-order chi connectivity index (χ1) is 15.2. The maximum absolute atomic E-state index is 13.0. The number of hydrogen-bond donors (Lipinski definition) is 0. The Hall–Kier alpha value is -2.46. The van der Waals surface area contributed by atoms with Crippen LogP contribution >= 0.6 is 51.5 Å². The average molecular weight is 550 g/mol. The summed E-state index contributed by atoms with van der Waals surface area (Å²) in [6.07, 6.45) is 1.61. The van der Waals surface area contributed by atoms with E-state index in [1.807, 2.05) is 13.0 Å². The molecular formula is C22H14BrClN2O4S2. The summed E-state index contributed by atoms with van der Waals surface area (Å²) in [4.78, 5) is 25.7. The molecule has 0 aliphatic carbocycles. The number of carbonyl (C=O) groups excluding carboxylic acids is 1. The van der Waals surface area contributed by atoms with Crippen molar-refractivity contribution in [2.24, 2.45) is 0 Å². The maximum Gasteiger partial charge on any atom is 0.273 e. The lowest BCUT2D eigenvalue weighted by molar-refractivity contribution is -0.385. The molecule has 162 valence electrons. The number of amides is 1. The molecule has 1 saturated heterocycles. The number of hydrogen-bond acceptors (Lipinski definition) is 6. The van der Waals surface area contributed by atoms with Crippen molar-refractivity contribution in [1.29, 1.82) is 0 Å². The monoisotopic (exact) mass is 548 g/mol. The van der Waals surface area contributed by atoms with Crippen LogP contribution in [0.1, 0.15) is 16.9 Å². The van der Waals surface area contributed by atoms with Gasteiger partial charge in [-0.25, -0.2) is 0 Å². The van der Waals surface area contributed by atoms with E-state index < -0.39 is 4.92 Å². The molecule has 10 heteroatoms. The molecule has 0 N–H and O–H groups in total. The lowest BCUT2D eigenvalue weighted by atomic mass is 10.0. The predicted molar refractivity (Wildman–Crippen MR) is 135 cm³/mol. The molecule has 1 amide bonds. The van der Waals surface area contributed by atoms with Crippen molar-refractivity contribution in [3.05, 3.63) is 83.9 Å². The Balaban J connectivity index is 1.64. The normalized spacial score (nSPS) is 15.1. The molecule has 1 fully saturated rings. The van der Waals surface area contributed by atoms with Gasteiger partial charge >= 0.3 is 0 Å². The van der Waals surface area contributed by atoms with Crippen molar-refractivity contribution in [2.45, 2.75) is 13.8 Å². The molecule has 4 rings (SSSR count). The van der Waals surface area contributed by atoms with Crippen LogP contribution in [0.15, 0.2) is 56.3 Å². The van der Waals surface area contributed by atoms with E-state index in [0.717, 1.165) is 21.8 Å². The molecule has 0 unspecified atom stereocenters. The number of nitro groups is 1. The highest BCUT2D eigenvalue weighted by Gasteiger charge is 2.34. The van der Waals surface area contributed by atoms with E-state index in [2.05, 4.69) is 15.9 Å². The smallest absolute Gasteiger partial charge is 0.273 e. The molecule has 6 nitrogen and oxygen atoms in total. The van der Waals surface area contributed by atoms with Gasteiger partial charge in [0.1, 0.15) is 11.5 Å². The molecule has 1 aliphatic rings. The zero-order valence-electron chi connectivity index (χ0n) is 16.7. The van der Waals surface area contributed by atoms with Gasteiger partial charge in [-0.05, 0) is 71.7 Å². The fourth-order valence-electron chi connectivity index (χ4n) is 3.20. The SMILES string of the molecule is Cc1cc(-c2ccc(/C=C3/SC(=S)N(c4ccc(Br)c(Cl)c4)C3=O)o2)cc([N+](=O)[O-])c1C. The number of anilines is 1. The minimum atomic E-state index is -0.407. The Kier molecular flexibility index (Phi) is 6.26. The van der Waals surface area contributed by atoms with Gasteiger partial charge in [-0.2, -0.15) is 0 Å². The quantitative estimate of drug-likeness (QED) is 0.147. The minimum Gasteiger partial charge on any atom is -0.457 e. The summed E-state index contributed by atoms with van der Waals surface area (Å²) in [6, 6.07) is 11.9. The summed E-state index contributed by atoms with van der Waals surface area (Å²) >= 11 is 16.0. The fourth-order valence-corrected chi connectivity index (χ4v) is 4.90. The van der Waals surface area contributed by atoms with Gasteiger partial charge in [-0.15, -0.1) is 0 Å². The Morgan fingerprint density at radius 1 is 1.22 bits per heavy atom. The van der Waals surface area contributed by atoms with Gasteiger partial charge in [0.15, 0.2) is 4.32 Å². The maximum atomic E-state index is 13.0. The summed E-state index contributed by atoms with van der Waals surface area (Å²) in [5.41, 5.74) is 2.61. The van der Waals surface area contributed by atoms with E-state index >= 15 is 0 Å². The number of nitrogens with zero attached hydrogens (tertiary/aromatic N) is 2. The van der Waals surface area contributed by atoms with E-state index in [1.165, 1.54) is 11.0 Å². The molecule has 0 atom stereocenters. The molecule has 3 aromatic rings. The van der Waals surface area contributed by atoms with Gasteiger partial charge < -0.3 is 4.42 Å². The Bertz CT molecular complexity index is 1340. The van der Waals surface area contributed by atoms with Crippen LogP contribution in [-0.2, 0) is 4.79 Å². The standard InChI is InChI=1S/C22H14BrClN2O4S2/c1-11-7-13(8-18(12(11)2)26(28)29)19-6-4-15(30-19)10-20-21(27)25(22(31)32-20)14-3-5-16(23)17(24)9-14/h3-10H,1-2H3/b20-10+. The lowest BCUT2D eigenvalue weighted by Crippen LogP contribution is -2.27. The predicted octanol–water partition coefficient (Wildman–Crippen LogP) is 7.29. The van der Waals surface area contributed by atoms with Gasteiger partial charge in [-0.1, -0.05) is 35.6 Å². The van der Waals surface area contributed by atoms with Crippen molar-refractivity contribution < 1.29 is 14.1 Å². The number of rotatable bonds is 4. The van der Waals surface area contributed by atoms with Crippen molar-refractivity contribution >= 4 is 79.2 Å². The average Bonchev–Trinajstić information content (AvgIpc) is 3.30. The second kappa shape index (κ2) is 8.82. The lowest BCUT2D eigenvalue weighted by Gasteiger charge is -2.15. The van der Waals surface area contributed by atoms with E-state index in [9.17, 15) is 14.9 Å². The van der Waals surface area contributed by atoms with Crippen LogP contribution in [0.5, 0.6) is 0 Å². The number of thiocarbonyl (C=S) groups is 1. The van der Waals surface area contributed by atoms with Gasteiger partial charge in [-0.3, -0.25) is 19.8 Å². The molecule has 2 aromatic carbocycles. The Labute approximate surface area is 206 Å². The number of carbonyl (C=O) groups is 1. The van der Waals surface area contributed by atoms with Crippen LogP contribution in [-0.4, -0.2) is 15.2 Å². The zero-order chi connectivity index (χ0) is 23.2. The molecule has 2 heterocycles. The van der Waals surface area contributed by atoms with E-state index in [4.69, 9.17) is 28.2 Å². The number of nitro benzene ring substituents is 1. The number of aryl methyl sites for hydroxylation is 1. The van der Waals surface area contributed by atoms with Crippen LogP contribution in [0.4, 0.5) is 11.4 Å². The van der Waals surface area contributed by atoms with Gasteiger partial charge in [0, 0.05) is 27.7 Å². The van der Waals surface area contributed by atoms with Crippen LogP contribution in [0.25, 0.3) is 17.4 Å². The summed E-state index contributed by atoms with van der Waals surface area (Å²) in [5.74, 6) is 0.631. The van der Waals surface area contributed by atoms with Crippen molar-refractivity contribution in [3.8, 4) is 11.3 Å². The number of furan rings is 1. The highest BCUT2D eigenvalue weighted by molar-refractivity contribution is 9.10. The van der Waals surface area contributed by atoms with Crippen LogP contribution in [0.2, 0.25) is 5.02 Å². The Morgan fingerprint density at radius 3 is 2.66 bits per heavy atom. The van der Waals surface area contributed by atoms with Gasteiger partial charge in [0.25, 0.3) is 11.6 Å². The summed E-state index contributed by atoms with van der Waals surface area (Å²) in [6.45, 7) is 3.53. The summed E-state index contributed by atoms with van der Waals surface area (Å²) in [7, 11) is 0. The van der Waals surface area contributed by atoms with Crippen LogP contribution < -0.4 is 4.90 Å². The molecule has 0 spiro atoms. The molecule has 32 heavy (non-hydrogen) atoms. The molecular weight excluding hydrogens is 536 g/mol. The molecule has 1 aliphatic heterocycles. The fraction of sp³-hybridized carbons (Fsp3) is 0.0909. The number of thioether (sulfide) groups is 1. The molecule has 0 bridgehead atoms. The molecule has 1 aromatic heterocycles. The summed E-state index contributed by atoms with van der Waals surface area (Å²) < 4.78 is 6.97. The van der Waals surface area contributed by atoms with E-state index in [1.54, 1.807) is 43.3 Å². The first-order valence-corrected chi connectivity index (χ1v) is 11.6. The van der Waals surface area contributed by atoms with Crippen molar-refractivity contribution in [2.75, 3.05) is 4.90 Å². The topological polar surface area (TPSA) is 76.6 Å². The second-order valence-corrected chi connectivity index (χ2v) is 9.95. The van der Waals surface area contributed by atoms with Crippen molar-refractivity contribution in [1.82, 2.24) is 0 Å². The molecule has 0 saturated carbocycles. The minimum absolute atomic E-state index is 0.0342. The van der Waals surface area contributed by atoms with E-state index in [0.29, 0.717) is 42.6 Å². The number of benzene rings is 2. The van der Waals surface area contributed by atoms with Gasteiger partial charge in [0.05, 0.1) is 20.5 Å². The summed E-state index contributed by atoms with van der Waals surface area (Å²) in [5, 5.41) is 11.8.